The summed E-state index contributed by atoms with van der Waals surface area (Å²) in [7, 11) is 1.51. The van der Waals surface area contributed by atoms with Crippen molar-refractivity contribution in [2.24, 2.45) is 0 Å². The maximum Gasteiger partial charge on any atom is 0.255 e. The summed E-state index contributed by atoms with van der Waals surface area (Å²) in [5, 5.41) is 2.57. The minimum Gasteiger partial charge on any atom is -0.496 e. The summed E-state index contributed by atoms with van der Waals surface area (Å²) in [5.74, 6) is 2.61. The van der Waals surface area contributed by atoms with E-state index in [2.05, 4.69) is 27.2 Å². The van der Waals surface area contributed by atoms with Gasteiger partial charge < -0.3 is 10.1 Å². The van der Waals surface area contributed by atoms with Gasteiger partial charge in [0.2, 0.25) is 0 Å². The van der Waals surface area contributed by atoms with Gasteiger partial charge in [0.15, 0.2) is 0 Å². The van der Waals surface area contributed by atoms with Crippen LogP contribution in [0.25, 0.3) is 0 Å². The Bertz CT molecular complexity index is 410. The van der Waals surface area contributed by atoms with E-state index in [9.17, 15) is 4.79 Å². The Labute approximate surface area is 96.9 Å². The number of terminal acetylenes is 1. The quantitative estimate of drug-likeness (QED) is 0.849. The molecule has 15 heavy (non-hydrogen) atoms. The summed E-state index contributed by atoms with van der Waals surface area (Å²) in [6.07, 6.45) is 5.05. The molecule has 4 heteroatoms. The standard InChI is InChI=1S/C11H10BrNO2/c1-3-6-13-11(14)9-5-4-8(12)7-10(9)15-2/h1,4-5,7H,6H2,2H3,(H,13,14). The monoisotopic (exact) mass is 267 g/mol. The van der Waals surface area contributed by atoms with E-state index >= 15 is 0 Å². The number of halogens is 1. The molecule has 0 aromatic heterocycles. The smallest absolute Gasteiger partial charge is 0.255 e. The van der Waals surface area contributed by atoms with Crippen LogP contribution in [0.15, 0.2) is 22.7 Å². The molecule has 78 valence electrons. The van der Waals surface area contributed by atoms with Crippen molar-refractivity contribution in [3.8, 4) is 18.1 Å². The molecule has 1 amide bonds. The zero-order valence-corrected chi connectivity index (χ0v) is 9.80. The molecule has 0 atom stereocenters. The van der Waals surface area contributed by atoms with Crippen LogP contribution in [0, 0.1) is 12.3 Å². The number of rotatable bonds is 3. The molecule has 1 rings (SSSR count). The van der Waals surface area contributed by atoms with Gasteiger partial charge in [-0.25, -0.2) is 0 Å². The van der Waals surface area contributed by atoms with E-state index in [1.54, 1.807) is 18.2 Å². The van der Waals surface area contributed by atoms with Crippen molar-refractivity contribution in [3.63, 3.8) is 0 Å². The van der Waals surface area contributed by atoms with Crippen molar-refractivity contribution < 1.29 is 9.53 Å². The molecule has 0 fully saturated rings. The van der Waals surface area contributed by atoms with Crippen molar-refractivity contribution in [2.45, 2.75) is 0 Å². The number of ether oxygens (including phenoxy) is 1. The Hall–Kier alpha value is -1.47. The van der Waals surface area contributed by atoms with Crippen LogP contribution in [0.3, 0.4) is 0 Å². The number of hydrogen-bond donors (Lipinski definition) is 1. The summed E-state index contributed by atoms with van der Waals surface area (Å²) < 4.78 is 5.94. The van der Waals surface area contributed by atoms with E-state index in [4.69, 9.17) is 11.2 Å². The van der Waals surface area contributed by atoms with Crippen LogP contribution in [0.4, 0.5) is 0 Å². The number of hydrogen-bond acceptors (Lipinski definition) is 2. The van der Waals surface area contributed by atoms with Crippen molar-refractivity contribution in [1.82, 2.24) is 5.32 Å². The first-order valence-corrected chi connectivity index (χ1v) is 5.03. The van der Waals surface area contributed by atoms with Crippen molar-refractivity contribution >= 4 is 21.8 Å². The van der Waals surface area contributed by atoms with Gasteiger partial charge in [0.1, 0.15) is 5.75 Å². The molecule has 0 aliphatic heterocycles. The molecule has 0 radical (unpaired) electrons. The largest absolute Gasteiger partial charge is 0.496 e. The van der Waals surface area contributed by atoms with Crippen LogP contribution in [0.1, 0.15) is 10.4 Å². The van der Waals surface area contributed by atoms with Crippen LogP contribution >= 0.6 is 15.9 Å². The number of methoxy groups -OCH3 is 1. The number of benzene rings is 1. The average Bonchev–Trinajstić information content (AvgIpc) is 2.25. The lowest BCUT2D eigenvalue weighted by Gasteiger charge is -2.07. The Balaban J connectivity index is 2.93. The number of amides is 1. The van der Waals surface area contributed by atoms with E-state index in [0.29, 0.717) is 11.3 Å². The van der Waals surface area contributed by atoms with Crippen LogP contribution in [0.2, 0.25) is 0 Å². The number of nitrogens with one attached hydrogen (secondary N) is 1. The topological polar surface area (TPSA) is 38.3 Å². The molecule has 0 aliphatic rings. The van der Waals surface area contributed by atoms with Gasteiger partial charge in [0.05, 0.1) is 19.2 Å². The minimum atomic E-state index is -0.239. The van der Waals surface area contributed by atoms with Gasteiger partial charge in [0.25, 0.3) is 5.91 Å². The van der Waals surface area contributed by atoms with Crippen molar-refractivity contribution in [2.75, 3.05) is 13.7 Å². The zero-order valence-electron chi connectivity index (χ0n) is 8.21. The lowest BCUT2D eigenvalue weighted by atomic mass is 10.2. The lowest BCUT2D eigenvalue weighted by Crippen LogP contribution is -2.23. The molecule has 3 nitrogen and oxygen atoms in total. The maximum atomic E-state index is 11.6. The average molecular weight is 268 g/mol. The molecule has 0 bridgehead atoms. The third-order valence-electron chi connectivity index (χ3n) is 1.76. The first-order chi connectivity index (χ1) is 7.19. The van der Waals surface area contributed by atoms with Gasteiger partial charge in [0, 0.05) is 4.47 Å². The van der Waals surface area contributed by atoms with Gasteiger partial charge in [-0.15, -0.1) is 6.42 Å². The second kappa shape index (κ2) is 5.42. The van der Waals surface area contributed by atoms with Crippen LogP contribution in [-0.2, 0) is 0 Å². The summed E-state index contributed by atoms with van der Waals surface area (Å²) in [6.45, 7) is 0.206. The molecule has 0 saturated heterocycles. The highest BCUT2D eigenvalue weighted by Gasteiger charge is 2.11. The molecule has 1 aromatic carbocycles. The third-order valence-corrected chi connectivity index (χ3v) is 2.25. The fourth-order valence-corrected chi connectivity index (χ4v) is 1.42. The molecule has 1 aromatic rings. The Morgan fingerprint density at radius 2 is 2.40 bits per heavy atom. The fraction of sp³-hybridized carbons (Fsp3) is 0.182. The van der Waals surface area contributed by atoms with Crippen LogP contribution in [-0.4, -0.2) is 19.6 Å². The molecule has 1 N–H and O–H groups in total. The van der Waals surface area contributed by atoms with E-state index in [1.807, 2.05) is 0 Å². The Morgan fingerprint density at radius 3 is 3.00 bits per heavy atom. The normalized spacial score (nSPS) is 9.13. The third kappa shape index (κ3) is 3.00. The highest BCUT2D eigenvalue weighted by atomic mass is 79.9. The lowest BCUT2D eigenvalue weighted by molar-refractivity contribution is 0.0955. The fourth-order valence-electron chi connectivity index (χ4n) is 1.08. The second-order valence-electron chi connectivity index (χ2n) is 2.73. The molecule has 0 heterocycles. The van der Waals surface area contributed by atoms with Crippen LogP contribution in [0.5, 0.6) is 5.75 Å². The highest BCUT2D eigenvalue weighted by molar-refractivity contribution is 9.10. The van der Waals surface area contributed by atoms with Gasteiger partial charge in [-0.1, -0.05) is 21.9 Å². The Morgan fingerprint density at radius 1 is 1.67 bits per heavy atom. The molecule has 0 spiro atoms. The van der Waals surface area contributed by atoms with Gasteiger partial charge >= 0.3 is 0 Å². The number of carbonyl (C=O) groups is 1. The van der Waals surface area contributed by atoms with E-state index in [1.165, 1.54) is 7.11 Å². The first-order valence-electron chi connectivity index (χ1n) is 4.24. The summed E-state index contributed by atoms with van der Waals surface area (Å²) in [6, 6.07) is 5.17. The van der Waals surface area contributed by atoms with Gasteiger partial charge in [-0.3, -0.25) is 4.79 Å². The number of carbonyl (C=O) groups excluding carboxylic acids is 1. The van der Waals surface area contributed by atoms with Gasteiger partial charge in [-0.05, 0) is 18.2 Å². The second-order valence-corrected chi connectivity index (χ2v) is 3.65. The minimum absolute atomic E-state index is 0.206. The zero-order chi connectivity index (χ0) is 11.3. The van der Waals surface area contributed by atoms with E-state index in [0.717, 1.165) is 4.47 Å². The SMILES string of the molecule is C#CCNC(=O)c1ccc(Br)cc1OC. The van der Waals surface area contributed by atoms with Crippen LogP contribution < -0.4 is 10.1 Å². The molecule has 0 aliphatic carbocycles. The summed E-state index contributed by atoms with van der Waals surface area (Å²) in [5.41, 5.74) is 0.468. The van der Waals surface area contributed by atoms with Gasteiger partial charge in [-0.2, -0.15) is 0 Å². The van der Waals surface area contributed by atoms with E-state index < -0.39 is 0 Å². The van der Waals surface area contributed by atoms with Crippen molar-refractivity contribution in [1.29, 1.82) is 0 Å². The highest BCUT2D eigenvalue weighted by Crippen LogP contribution is 2.23. The molecule has 0 unspecified atom stereocenters. The Kier molecular flexibility index (Phi) is 4.19. The maximum absolute atomic E-state index is 11.6. The molecular weight excluding hydrogens is 258 g/mol. The molecular formula is C11H10BrNO2. The summed E-state index contributed by atoms with van der Waals surface area (Å²) in [4.78, 5) is 11.6. The summed E-state index contributed by atoms with van der Waals surface area (Å²) >= 11 is 3.29. The van der Waals surface area contributed by atoms with Crippen molar-refractivity contribution in [3.05, 3.63) is 28.2 Å². The predicted octanol–water partition coefficient (Wildman–Crippen LogP) is 1.82. The first kappa shape index (κ1) is 11.6. The molecule has 0 saturated carbocycles. The van der Waals surface area contributed by atoms with E-state index in [-0.39, 0.29) is 12.5 Å². The predicted molar refractivity (Wildman–Crippen MR) is 61.9 cm³/mol.